The van der Waals surface area contributed by atoms with Crippen molar-refractivity contribution in [3.63, 3.8) is 0 Å². The van der Waals surface area contributed by atoms with E-state index in [-0.39, 0.29) is 11.3 Å². The van der Waals surface area contributed by atoms with E-state index >= 15 is 0 Å². The van der Waals surface area contributed by atoms with Crippen LogP contribution in [-0.2, 0) is 9.59 Å². The van der Waals surface area contributed by atoms with Crippen LogP contribution in [-0.4, -0.2) is 24.6 Å². The van der Waals surface area contributed by atoms with Crippen molar-refractivity contribution < 1.29 is 18.8 Å². The summed E-state index contributed by atoms with van der Waals surface area (Å²) in [5.74, 6) is -4.50. The van der Waals surface area contributed by atoms with Crippen molar-refractivity contribution in [2.75, 3.05) is 11.9 Å². The number of nitrogens with two attached hydrogens (primary N) is 1. The topological polar surface area (TPSA) is 80.5 Å². The number of rotatable bonds is 1. The molecule has 5 nitrogen and oxygen atoms in total. The standard InChI is InChI=1S/C11H9FN2O3/c1-14-7-4-5(12)2-3-6(7)9(15)8(10(13)16)11(14)17/h2-4,8H,1H3,(H2,13,16). The van der Waals surface area contributed by atoms with Crippen LogP contribution >= 0.6 is 0 Å². The third-order valence-corrected chi connectivity index (χ3v) is 2.71. The van der Waals surface area contributed by atoms with E-state index in [1.54, 1.807) is 0 Å². The summed E-state index contributed by atoms with van der Waals surface area (Å²) in [6.07, 6.45) is 0. The Labute approximate surface area is 96.0 Å². The van der Waals surface area contributed by atoms with Crippen LogP contribution < -0.4 is 10.6 Å². The number of primary amides is 1. The lowest BCUT2D eigenvalue weighted by Gasteiger charge is -2.28. The number of nitrogens with zero attached hydrogens (tertiary/aromatic N) is 1. The van der Waals surface area contributed by atoms with Crippen LogP contribution in [0.25, 0.3) is 0 Å². The lowest BCUT2D eigenvalue weighted by atomic mass is 9.90. The number of amides is 2. The van der Waals surface area contributed by atoms with Gasteiger partial charge >= 0.3 is 0 Å². The van der Waals surface area contributed by atoms with Crippen LogP contribution in [0.1, 0.15) is 10.4 Å². The Balaban J connectivity index is 2.62. The minimum Gasteiger partial charge on any atom is -0.369 e. The van der Waals surface area contributed by atoms with E-state index in [9.17, 15) is 18.8 Å². The van der Waals surface area contributed by atoms with Gasteiger partial charge in [-0.25, -0.2) is 4.39 Å². The highest BCUT2D eigenvalue weighted by Crippen LogP contribution is 2.30. The van der Waals surface area contributed by atoms with Gasteiger partial charge in [-0.1, -0.05) is 0 Å². The number of carbonyl (C=O) groups is 3. The lowest BCUT2D eigenvalue weighted by molar-refractivity contribution is -0.129. The number of hydrogen-bond donors (Lipinski definition) is 1. The van der Waals surface area contributed by atoms with Gasteiger partial charge in [0.2, 0.25) is 11.8 Å². The summed E-state index contributed by atoms with van der Waals surface area (Å²) in [7, 11) is 1.36. The summed E-state index contributed by atoms with van der Waals surface area (Å²) in [6, 6.07) is 3.41. The molecule has 1 aliphatic heterocycles. The molecule has 0 bridgehead atoms. The van der Waals surface area contributed by atoms with Crippen molar-refractivity contribution in [3.8, 4) is 0 Å². The predicted molar refractivity (Wildman–Crippen MR) is 56.8 cm³/mol. The molecule has 1 heterocycles. The average Bonchev–Trinajstić information content (AvgIpc) is 2.25. The van der Waals surface area contributed by atoms with Crippen molar-refractivity contribution >= 4 is 23.3 Å². The Morgan fingerprint density at radius 3 is 2.65 bits per heavy atom. The molecule has 0 spiro atoms. The van der Waals surface area contributed by atoms with Crippen molar-refractivity contribution in [2.45, 2.75) is 0 Å². The molecule has 0 fully saturated rings. The molecule has 1 unspecified atom stereocenters. The zero-order chi connectivity index (χ0) is 12.7. The highest BCUT2D eigenvalue weighted by atomic mass is 19.1. The SMILES string of the molecule is CN1C(=O)C(C(N)=O)C(=O)c2ccc(F)cc21. The number of halogens is 1. The second-order valence-electron chi connectivity index (χ2n) is 3.76. The molecule has 1 aromatic rings. The molecule has 2 N–H and O–H groups in total. The van der Waals surface area contributed by atoms with Crippen molar-refractivity contribution in [2.24, 2.45) is 11.7 Å². The van der Waals surface area contributed by atoms with Gasteiger partial charge in [-0.15, -0.1) is 0 Å². The van der Waals surface area contributed by atoms with E-state index < -0.39 is 29.3 Å². The van der Waals surface area contributed by atoms with Gasteiger partial charge in [0, 0.05) is 12.6 Å². The van der Waals surface area contributed by atoms with Gasteiger partial charge < -0.3 is 10.6 Å². The Morgan fingerprint density at radius 2 is 2.06 bits per heavy atom. The smallest absolute Gasteiger partial charge is 0.247 e. The fourth-order valence-corrected chi connectivity index (χ4v) is 1.82. The number of carbonyl (C=O) groups excluding carboxylic acids is 3. The molecule has 1 atom stereocenters. The van der Waals surface area contributed by atoms with Crippen LogP contribution in [0.3, 0.4) is 0 Å². The monoisotopic (exact) mass is 236 g/mol. The number of fused-ring (bicyclic) bond motifs is 1. The van der Waals surface area contributed by atoms with E-state index in [1.807, 2.05) is 0 Å². The zero-order valence-corrected chi connectivity index (χ0v) is 8.94. The van der Waals surface area contributed by atoms with Crippen molar-refractivity contribution in [3.05, 3.63) is 29.6 Å². The van der Waals surface area contributed by atoms with Crippen LogP contribution in [0.4, 0.5) is 10.1 Å². The molecule has 0 radical (unpaired) electrons. The molecular formula is C11H9FN2O3. The maximum Gasteiger partial charge on any atom is 0.247 e. The minimum absolute atomic E-state index is 0.123. The van der Waals surface area contributed by atoms with Gasteiger partial charge in [0.15, 0.2) is 11.7 Å². The first kappa shape index (κ1) is 11.3. The van der Waals surface area contributed by atoms with E-state index in [4.69, 9.17) is 5.73 Å². The molecule has 6 heteroatoms. The van der Waals surface area contributed by atoms with Crippen LogP contribution in [0.15, 0.2) is 18.2 Å². The molecule has 0 saturated carbocycles. The zero-order valence-electron chi connectivity index (χ0n) is 8.94. The molecule has 2 rings (SSSR count). The lowest BCUT2D eigenvalue weighted by Crippen LogP contribution is -2.48. The highest BCUT2D eigenvalue weighted by Gasteiger charge is 2.41. The number of benzene rings is 1. The van der Waals surface area contributed by atoms with Gasteiger partial charge in [-0.05, 0) is 18.2 Å². The Kier molecular flexibility index (Phi) is 2.42. The van der Waals surface area contributed by atoms with Gasteiger partial charge in [0.05, 0.1) is 5.69 Å². The molecule has 17 heavy (non-hydrogen) atoms. The molecule has 1 aromatic carbocycles. The Bertz CT molecular complexity index is 542. The fraction of sp³-hybridized carbons (Fsp3) is 0.182. The van der Waals surface area contributed by atoms with Crippen molar-refractivity contribution in [1.82, 2.24) is 0 Å². The summed E-state index contributed by atoms with van der Waals surface area (Å²) in [4.78, 5) is 35.7. The maximum absolute atomic E-state index is 13.0. The number of Topliss-reactive ketones (excluding diaryl/α,β-unsaturated/α-hetero) is 1. The molecule has 2 amide bonds. The molecule has 0 saturated heterocycles. The van der Waals surface area contributed by atoms with Crippen LogP contribution in [0.5, 0.6) is 0 Å². The molecule has 0 aliphatic carbocycles. The van der Waals surface area contributed by atoms with Gasteiger partial charge in [0.1, 0.15) is 5.82 Å². The summed E-state index contributed by atoms with van der Waals surface area (Å²) in [5, 5.41) is 0. The first-order valence-corrected chi connectivity index (χ1v) is 4.84. The number of ketones is 1. The molecule has 88 valence electrons. The van der Waals surface area contributed by atoms with Gasteiger partial charge in [-0.2, -0.15) is 0 Å². The molecule has 0 aromatic heterocycles. The largest absolute Gasteiger partial charge is 0.369 e. The normalized spacial score (nSPS) is 19.2. The Morgan fingerprint density at radius 1 is 1.41 bits per heavy atom. The first-order chi connectivity index (χ1) is 7.93. The minimum atomic E-state index is -1.52. The fourth-order valence-electron chi connectivity index (χ4n) is 1.82. The second-order valence-corrected chi connectivity index (χ2v) is 3.76. The van der Waals surface area contributed by atoms with Gasteiger partial charge in [0.25, 0.3) is 0 Å². The van der Waals surface area contributed by atoms with E-state index in [1.165, 1.54) is 13.1 Å². The summed E-state index contributed by atoms with van der Waals surface area (Å²) < 4.78 is 13.0. The van der Waals surface area contributed by atoms with Crippen LogP contribution in [0.2, 0.25) is 0 Å². The van der Waals surface area contributed by atoms with Gasteiger partial charge in [-0.3, -0.25) is 14.4 Å². The quantitative estimate of drug-likeness (QED) is 0.701. The predicted octanol–water partition coefficient (Wildman–Crippen LogP) is 0.0863. The maximum atomic E-state index is 13.0. The average molecular weight is 236 g/mol. The van der Waals surface area contributed by atoms with E-state index in [0.717, 1.165) is 17.0 Å². The highest BCUT2D eigenvalue weighted by molar-refractivity contribution is 6.30. The second kappa shape index (κ2) is 3.65. The molecule has 1 aliphatic rings. The van der Waals surface area contributed by atoms with E-state index in [0.29, 0.717) is 0 Å². The van der Waals surface area contributed by atoms with Crippen molar-refractivity contribution in [1.29, 1.82) is 0 Å². The first-order valence-electron chi connectivity index (χ1n) is 4.84. The Hall–Kier alpha value is -2.24. The third-order valence-electron chi connectivity index (χ3n) is 2.71. The number of hydrogen-bond acceptors (Lipinski definition) is 3. The van der Waals surface area contributed by atoms with Crippen LogP contribution in [0, 0.1) is 11.7 Å². The summed E-state index contributed by atoms with van der Waals surface area (Å²) in [5.41, 5.74) is 5.29. The number of anilines is 1. The summed E-state index contributed by atoms with van der Waals surface area (Å²) >= 11 is 0. The molecular weight excluding hydrogens is 227 g/mol. The third kappa shape index (κ3) is 1.57. The summed E-state index contributed by atoms with van der Waals surface area (Å²) in [6.45, 7) is 0. The van der Waals surface area contributed by atoms with E-state index in [2.05, 4.69) is 0 Å².